The highest BCUT2D eigenvalue weighted by Crippen LogP contribution is 2.24. The predicted molar refractivity (Wildman–Crippen MR) is 69.7 cm³/mol. The minimum Gasteiger partial charge on any atom is -0.385 e. The zero-order valence-electron chi connectivity index (χ0n) is 11.5. The lowest BCUT2D eigenvalue weighted by Crippen LogP contribution is -2.43. The van der Waals surface area contributed by atoms with E-state index in [9.17, 15) is 0 Å². The summed E-state index contributed by atoms with van der Waals surface area (Å²) in [6.07, 6.45) is 6.65. The van der Waals surface area contributed by atoms with E-state index in [2.05, 4.69) is 26.1 Å². The van der Waals surface area contributed by atoms with Crippen molar-refractivity contribution in [3.63, 3.8) is 0 Å². The molecule has 0 heterocycles. The van der Waals surface area contributed by atoms with Crippen molar-refractivity contribution < 1.29 is 4.74 Å². The number of hydrogen-bond acceptors (Lipinski definition) is 2. The van der Waals surface area contributed by atoms with Gasteiger partial charge in [-0.25, -0.2) is 0 Å². The standard InChI is InChI=1S/C14H29NO/c1-11(2)14(9-10-16-4)15-13-7-5-12(3)6-8-13/h11-15H,5-10H2,1-4H3. The van der Waals surface area contributed by atoms with E-state index >= 15 is 0 Å². The van der Waals surface area contributed by atoms with Gasteiger partial charge in [0, 0.05) is 25.8 Å². The molecule has 0 aliphatic heterocycles. The molecule has 0 amide bonds. The van der Waals surface area contributed by atoms with Crippen LogP contribution in [0.15, 0.2) is 0 Å². The molecule has 96 valence electrons. The van der Waals surface area contributed by atoms with E-state index in [0.717, 1.165) is 25.0 Å². The summed E-state index contributed by atoms with van der Waals surface area (Å²) in [5.41, 5.74) is 0. The highest BCUT2D eigenvalue weighted by Gasteiger charge is 2.22. The summed E-state index contributed by atoms with van der Waals surface area (Å²) >= 11 is 0. The molecule has 1 aliphatic carbocycles. The number of nitrogens with one attached hydrogen (secondary N) is 1. The Morgan fingerprint density at radius 2 is 1.81 bits per heavy atom. The Morgan fingerprint density at radius 1 is 1.19 bits per heavy atom. The van der Waals surface area contributed by atoms with Crippen LogP contribution in [0.4, 0.5) is 0 Å². The van der Waals surface area contributed by atoms with Gasteiger partial charge in [-0.1, -0.05) is 20.8 Å². The molecule has 1 fully saturated rings. The summed E-state index contributed by atoms with van der Waals surface area (Å²) in [4.78, 5) is 0. The van der Waals surface area contributed by atoms with Gasteiger partial charge in [-0.3, -0.25) is 0 Å². The van der Waals surface area contributed by atoms with Gasteiger partial charge >= 0.3 is 0 Å². The van der Waals surface area contributed by atoms with Crippen molar-refractivity contribution in [2.24, 2.45) is 11.8 Å². The Kier molecular flexibility index (Phi) is 6.37. The number of ether oxygens (including phenoxy) is 1. The smallest absolute Gasteiger partial charge is 0.0477 e. The maximum absolute atomic E-state index is 5.19. The third-order valence-corrected chi connectivity index (χ3v) is 3.90. The Balaban J connectivity index is 2.30. The van der Waals surface area contributed by atoms with Crippen molar-refractivity contribution in [2.45, 2.75) is 65.0 Å². The average molecular weight is 227 g/mol. The van der Waals surface area contributed by atoms with E-state index in [-0.39, 0.29) is 0 Å². The molecule has 16 heavy (non-hydrogen) atoms. The molecule has 0 spiro atoms. The second-order valence-corrected chi connectivity index (χ2v) is 5.76. The highest BCUT2D eigenvalue weighted by molar-refractivity contribution is 4.80. The first-order valence-corrected chi connectivity index (χ1v) is 6.88. The lowest BCUT2D eigenvalue weighted by Gasteiger charge is -2.32. The second-order valence-electron chi connectivity index (χ2n) is 5.76. The van der Waals surface area contributed by atoms with Crippen molar-refractivity contribution in [1.29, 1.82) is 0 Å². The molecule has 0 radical (unpaired) electrons. The third-order valence-electron chi connectivity index (χ3n) is 3.90. The summed E-state index contributed by atoms with van der Waals surface area (Å²) in [5.74, 6) is 1.64. The van der Waals surface area contributed by atoms with E-state index in [1.807, 2.05) is 0 Å². The summed E-state index contributed by atoms with van der Waals surface area (Å²) < 4.78 is 5.19. The van der Waals surface area contributed by atoms with E-state index in [1.165, 1.54) is 25.7 Å². The van der Waals surface area contributed by atoms with Gasteiger partial charge in [0.05, 0.1) is 0 Å². The molecule has 1 saturated carbocycles. The van der Waals surface area contributed by atoms with E-state index < -0.39 is 0 Å². The minimum absolute atomic E-state index is 0.623. The molecule has 0 saturated heterocycles. The Bertz CT molecular complexity index is 174. The molecule has 0 aromatic carbocycles. The lowest BCUT2D eigenvalue weighted by atomic mass is 9.86. The molecular formula is C14H29NO. The van der Waals surface area contributed by atoms with Gasteiger partial charge in [0.25, 0.3) is 0 Å². The monoisotopic (exact) mass is 227 g/mol. The molecule has 1 atom stereocenters. The van der Waals surface area contributed by atoms with Crippen LogP contribution in [0.2, 0.25) is 0 Å². The van der Waals surface area contributed by atoms with Crippen molar-refractivity contribution in [3.05, 3.63) is 0 Å². The van der Waals surface area contributed by atoms with Crippen LogP contribution >= 0.6 is 0 Å². The van der Waals surface area contributed by atoms with Crippen LogP contribution in [-0.2, 0) is 4.74 Å². The summed E-state index contributed by atoms with van der Waals surface area (Å²) in [5, 5.41) is 3.83. The number of methoxy groups -OCH3 is 1. The fourth-order valence-corrected chi connectivity index (χ4v) is 2.58. The van der Waals surface area contributed by atoms with Crippen LogP contribution in [0.3, 0.4) is 0 Å². The van der Waals surface area contributed by atoms with E-state index in [4.69, 9.17) is 4.74 Å². The minimum atomic E-state index is 0.623. The fraction of sp³-hybridized carbons (Fsp3) is 1.00. The van der Waals surface area contributed by atoms with Crippen molar-refractivity contribution in [2.75, 3.05) is 13.7 Å². The quantitative estimate of drug-likeness (QED) is 0.752. The Morgan fingerprint density at radius 3 is 2.31 bits per heavy atom. The lowest BCUT2D eigenvalue weighted by molar-refractivity contribution is 0.164. The van der Waals surface area contributed by atoms with Crippen molar-refractivity contribution in [3.8, 4) is 0 Å². The second kappa shape index (κ2) is 7.29. The average Bonchev–Trinajstić information content (AvgIpc) is 2.26. The molecule has 1 rings (SSSR count). The fourth-order valence-electron chi connectivity index (χ4n) is 2.58. The first-order valence-electron chi connectivity index (χ1n) is 6.88. The molecule has 1 unspecified atom stereocenters. The molecular weight excluding hydrogens is 198 g/mol. The van der Waals surface area contributed by atoms with Gasteiger partial charge in [-0.05, 0) is 43.9 Å². The normalized spacial score (nSPS) is 28.3. The SMILES string of the molecule is COCCC(NC1CCC(C)CC1)C(C)C. The molecule has 1 N–H and O–H groups in total. The third kappa shape index (κ3) is 4.84. The molecule has 2 heteroatoms. The van der Waals surface area contributed by atoms with Crippen LogP contribution in [0.5, 0.6) is 0 Å². The van der Waals surface area contributed by atoms with Gasteiger partial charge in [0.15, 0.2) is 0 Å². The molecule has 2 nitrogen and oxygen atoms in total. The van der Waals surface area contributed by atoms with Crippen LogP contribution in [0.1, 0.15) is 52.9 Å². The topological polar surface area (TPSA) is 21.3 Å². The van der Waals surface area contributed by atoms with Crippen LogP contribution in [-0.4, -0.2) is 25.8 Å². The zero-order chi connectivity index (χ0) is 12.0. The predicted octanol–water partition coefficient (Wildman–Crippen LogP) is 3.22. The first-order chi connectivity index (χ1) is 7.63. The largest absolute Gasteiger partial charge is 0.385 e. The first kappa shape index (κ1) is 14.0. The maximum atomic E-state index is 5.19. The zero-order valence-corrected chi connectivity index (χ0v) is 11.5. The van der Waals surface area contributed by atoms with Gasteiger partial charge in [0.1, 0.15) is 0 Å². The summed E-state index contributed by atoms with van der Waals surface area (Å²) in [7, 11) is 1.79. The molecule has 0 aromatic heterocycles. The van der Waals surface area contributed by atoms with Gasteiger partial charge in [-0.2, -0.15) is 0 Å². The van der Waals surface area contributed by atoms with Crippen LogP contribution < -0.4 is 5.32 Å². The Labute approximate surface area is 101 Å². The Hall–Kier alpha value is -0.0800. The summed E-state index contributed by atoms with van der Waals surface area (Å²) in [6.45, 7) is 7.86. The van der Waals surface area contributed by atoms with Crippen molar-refractivity contribution in [1.82, 2.24) is 5.32 Å². The van der Waals surface area contributed by atoms with E-state index in [0.29, 0.717) is 12.0 Å². The van der Waals surface area contributed by atoms with Gasteiger partial charge < -0.3 is 10.1 Å². The maximum Gasteiger partial charge on any atom is 0.0477 e. The van der Waals surface area contributed by atoms with Gasteiger partial charge in [-0.15, -0.1) is 0 Å². The molecule has 0 bridgehead atoms. The van der Waals surface area contributed by atoms with E-state index in [1.54, 1.807) is 7.11 Å². The number of hydrogen-bond donors (Lipinski definition) is 1. The number of rotatable bonds is 6. The van der Waals surface area contributed by atoms with Crippen LogP contribution in [0.25, 0.3) is 0 Å². The molecule has 0 aromatic rings. The van der Waals surface area contributed by atoms with Gasteiger partial charge in [0.2, 0.25) is 0 Å². The van der Waals surface area contributed by atoms with Crippen molar-refractivity contribution >= 4 is 0 Å². The summed E-state index contributed by atoms with van der Waals surface area (Å²) in [6, 6.07) is 1.37. The highest BCUT2D eigenvalue weighted by atomic mass is 16.5. The van der Waals surface area contributed by atoms with Crippen LogP contribution in [0, 0.1) is 11.8 Å². The molecule has 1 aliphatic rings.